The van der Waals surface area contributed by atoms with E-state index in [9.17, 15) is 4.79 Å². The van der Waals surface area contributed by atoms with Gasteiger partial charge in [0.25, 0.3) is 5.91 Å². The highest BCUT2D eigenvalue weighted by Crippen LogP contribution is 2.32. The number of nitrogens with one attached hydrogen (secondary N) is 1. The number of hydrogen-bond donors (Lipinski definition) is 1. The van der Waals surface area contributed by atoms with Crippen molar-refractivity contribution >= 4 is 56.2 Å². The van der Waals surface area contributed by atoms with E-state index in [1.807, 2.05) is 30.3 Å². The predicted molar refractivity (Wildman–Crippen MR) is 98.6 cm³/mol. The van der Waals surface area contributed by atoms with Crippen LogP contribution in [0, 0.1) is 0 Å². The molecule has 0 saturated carbocycles. The summed E-state index contributed by atoms with van der Waals surface area (Å²) >= 11 is 10.3. The monoisotopic (exact) mass is 397 g/mol. The Labute approximate surface area is 148 Å². The van der Waals surface area contributed by atoms with Crippen LogP contribution in [-0.4, -0.2) is 34.9 Å². The Morgan fingerprint density at radius 3 is 2.82 bits per heavy atom. The number of likely N-dealkylation sites (tertiary alicyclic amines) is 1. The molecule has 0 aliphatic carbocycles. The lowest BCUT2D eigenvalue weighted by molar-refractivity contribution is -0.911. The number of piperidine rings is 1. The van der Waals surface area contributed by atoms with Gasteiger partial charge in [0.05, 0.1) is 18.0 Å². The van der Waals surface area contributed by atoms with Gasteiger partial charge in [-0.05, 0) is 43.0 Å². The van der Waals surface area contributed by atoms with Gasteiger partial charge in [0.2, 0.25) is 0 Å². The molecule has 0 bridgehead atoms. The number of carbonyl (C=O) groups excluding carboxylic acids is 1. The molecule has 2 fully saturated rings. The van der Waals surface area contributed by atoms with E-state index in [1.165, 1.54) is 35.9 Å². The van der Waals surface area contributed by atoms with E-state index in [1.54, 1.807) is 4.90 Å². The molecule has 3 rings (SSSR count). The molecular weight excluding hydrogens is 380 g/mol. The fraction of sp³-hybridized carbons (Fsp3) is 0.375. The van der Waals surface area contributed by atoms with Crippen molar-refractivity contribution in [1.82, 2.24) is 4.90 Å². The van der Waals surface area contributed by atoms with Gasteiger partial charge in [-0.25, -0.2) is 4.90 Å². The van der Waals surface area contributed by atoms with Crippen molar-refractivity contribution in [2.24, 2.45) is 0 Å². The zero-order valence-electron chi connectivity index (χ0n) is 12.2. The summed E-state index contributed by atoms with van der Waals surface area (Å²) in [6.07, 6.45) is 5.73. The van der Waals surface area contributed by atoms with Crippen molar-refractivity contribution < 1.29 is 9.69 Å². The van der Waals surface area contributed by atoms with Crippen molar-refractivity contribution in [2.75, 3.05) is 19.8 Å². The van der Waals surface area contributed by atoms with Crippen LogP contribution >= 0.6 is 39.9 Å². The summed E-state index contributed by atoms with van der Waals surface area (Å²) in [5.41, 5.74) is 1.01. The minimum atomic E-state index is 0.0491. The van der Waals surface area contributed by atoms with E-state index in [4.69, 9.17) is 12.2 Å². The number of thioether (sulfide) groups is 1. The summed E-state index contributed by atoms with van der Waals surface area (Å²) in [5.74, 6) is 0.0491. The third kappa shape index (κ3) is 3.79. The first kappa shape index (κ1) is 16.2. The average Bonchev–Trinajstić information content (AvgIpc) is 2.76. The SMILES string of the molecule is O=C1/C(=C/c2cccc(Br)c2)SC(=S)N1C[NH+]1CCCCC1. The lowest BCUT2D eigenvalue weighted by Crippen LogP contribution is -3.14. The number of carbonyl (C=O) groups is 1. The highest BCUT2D eigenvalue weighted by atomic mass is 79.9. The summed E-state index contributed by atoms with van der Waals surface area (Å²) in [6, 6.07) is 7.94. The average molecular weight is 398 g/mol. The molecule has 1 amide bonds. The smallest absolute Gasteiger partial charge is 0.270 e. The zero-order chi connectivity index (χ0) is 15.5. The van der Waals surface area contributed by atoms with Gasteiger partial charge in [0, 0.05) is 4.47 Å². The number of halogens is 1. The van der Waals surface area contributed by atoms with E-state index >= 15 is 0 Å². The molecule has 116 valence electrons. The molecule has 2 aliphatic heterocycles. The Morgan fingerprint density at radius 2 is 2.09 bits per heavy atom. The van der Waals surface area contributed by atoms with E-state index < -0.39 is 0 Å². The molecule has 0 spiro atoms. The molecule has 0 atom stereocenters. The third-order valence-corrected chi connectivity index (χ3v) is 5.83. The van der Waals surface area contributed by atoms with E-state index in [0.717, 1.165) is 28.0 Å². The Morgan fingerprint density at radius 1 is 1.32 bits per heavy atom. The van der Waals surface area contributed by atoms with Gasteiger partial charge in [0.1, 0.15) is 0 Å². The van der Waals surface area contributed by atoms with Crippen LogP contribution in [0.1, 0.15) is 24.8 Å². The molecule has 1 aromatic rings. The van der Waals surface area contributed by atoms with E-state index in [2.05, 4.69) is 15.9 Å². The predicted octanol–water partition coefficient (Wildman–Crippen LogP) is 2.68. The van der Waals surface area contributed by atoms with Crippen LogP contribution in [0.15, 0.2) is 33.6 Å². The zero-order valence-corrected chi connectivity index (χ0v) is 15.4. The van der Waals surface area contributed by atoms with Gasteiger partial charge in [-0.1, -0.05) is 52.0 Å². The van der Waals surface area contributed by atoms with Crippen LogP contribution in [0.25, 0.3) is 6.08 Å². The molecule has 2 saturated heterocycles. The van der Waals surface area contributed by atoms with Gasteiger partial charge < -0.3 is 4.90 Å². The number of quaternary nitrogens is 1. The molecule has 1 N–H and O–H groups in total. The van der Waals surface area contributed by atoms with Gasteiger partial charge in [-0.15, -0.1) is 0 Å². The van der Waals surface area contributed by atoms with Crippen LogP contribution in [0.5, 0.6) is 0 Å². The highest BCUT2D eigenvalue weighted by molar-refractivity contribution is 9.10. The fourth-order valence-corrected chi connectivity index (χ4v) is 4.49. The molecule has 2 aliphatic rings. The Balaban J connectivity index is 1.73. The van der Waals surface area contributed by atoms with Crippen molar-refractivity contribution in [3.8, 4) is 0 Å². The van der Waals surface area contributed by atoms with Crippen molar-refractivity contribution in [3.63, 3.8) is 0 Å². The lowest BCUT2D eigenvalue weighted by atomic mass is 10.1. The maximum absolute atomic E-state index is 12.6. The Hall–Kier alpha value is -0.690. The molecule has 0 aromatic heterocycles. The minimum Gasteiger partial charge on any atom is -0.317 e. The molecule has 6 heteroatoms. The standard InChI is InChI=1S/C16H17BrN2OS2/c17-13-6-4-5-12(9-13)10-14-15(20)19(16(21)22-14)11-18-7-2-1-3-8-18/h4-6,9-10H,1-3,7-8,11H2/p+1/b14-10-. The van der Waals surface area contributed by atoms with Crippen LogP contribution in [0.4, 0.5) is 0 Å². The maximum Gasteiger partial charge on any atom is 0.270 e. The first-order valence-corrected chi connectivity index (χ1v) is 9.50. The summed E-state index contributed by atoms with van der Waals surface area (Å²) in [7, 11) is 0. The van der Waals surface area contributed by atoms with Gasteiger partial charge >= 0.3 is 0 Å². The molecule has 22 heavy (non-hydrogen) atoms. The van der Waals surface area contributed by atoms with Crippen molar-refractivity contribution in [2.45, 2.75) is 19.3 Å². The van der Waals surface area contributed by atoms with E-state index in [-0.39, 0.29) is 5.91 Å². The second-order valence-electron chi connectivity index (χ2n) is 5.63. The topological polar surface area (TPSA) is 24.8 Å². The molecular formula is C16H18BrN2OS2+. The van der Waals surface area contributed by atoms with E-state index in [0.29, 0.717) is 11.0 Å². The molecule has 0 unspecified atom stereocenters. The fourth-order valence-electron chi connectivity index (χ4n) is 2.82. The second-order valence-corrected chi connectivity index (χ2v) is 8.22. The molecule has 3 nitrogen and oxygen atoms in total. The highest BCUT2D eigenvalue weighted by Gasteiger charge is 2.34. The summed E-state index contributed by atoms with van der Waals surface area (Å²) in [5, 5.41) is 0. The second kappa shape index (κ2) is 7.25. The lowest BCUT2D eigenvalue weighted by Gasteiger charge is -2.27. The summed E-state index contributed by atoms with van der Waals surface area (Å²) < 4.78 is 1.69. The summed E-state index contributed by atoms with van der Waals surface area (Å²) in [6.45, 7) is 2.99. The van der Waals surface area contributed by atoms with Crippen LogP contribution in [-0.2, 0) is 4.79 Å². The number of nitrogens with zero attached hydrogens (tertiary/aromatic N) is 1. The number of amides is 1. The van der Waals surface area contributed by atoms with Crippen LogP contribution in [0.2, 0.25) is 0 Å². The number of benzene rings is 1. The Kier molecular flexibility index (Phi) is 5.33. The third-order valence-electron chi connectivity index (χ3n) is 3.96. The first-order chi connectivity index (χ1) is 10.6. The summed E-state index contributed by atoms with van der Waals surface area (Å²) in [4.78, 5) is 16.6. The quantitative estimate of drug-likeness (QED) is 0.626. The minimum absolute atomic E-state index is 0.0491. The first-order valence-electron chi connectivity index (χ1n) is 7.48. The Bertz CT molecular complexity index is 626. The largest absolute Gasteiger partial charge is 0.317 e. The number of rotatable bonds is 3. The van der Waals surface area contributed by atoms with Crippen molar-refractivity contribution in [3.05, 3.63) is 39.2 Å². The van der Waals surface area contributed by atoms with Gasteiger partial charge in [-0.3, -0.25) is 4.79 Å². The van der Waals surface area contributed by atoms with Crippen molar-refractivity contribution in [1.29, 1.82) is 0 Å². The van der Waals surface area contributed by atoms with Crippen LogP contribution < -0.4 is 4.90 Å². The molecule has 1 aromatic carbocycles. The molecule has 0 radical (unpaired) electrons. The molecule has 2 heterocycles. The number of thiocarbonyl (C=S) groups is 1. The maximum atomic E-state index is 12.6. The van der Waals surface area contributed by atoms with Gasteiger partial charge in [-0.2, -0.15) is 0 Å². The number of hydrogen-bond acceptors (Lipinski definition) is 3. The normalized spacial score (nSPS) is 21.9. The van der Waals surface area contributed by atoms with Crippen LogP contribution in [0.3, 0.4) is 0 Å². The van der Waals surface area contributed by atoms with Gasteiger partial charge in [0.15, 0.2) is 11.0 Å².